The maximum absolute atomic E-state index is 13.1. The van der Waals surface area contributed by atoms with Crippen molar-refractivity contribution in [2.45, 2.75) is 19.3 Å². The van der Waals surface area contributed by atoms with Crippen molar-refractivity contribution >= 4 is 23.2 Å². The number of hydrogen-bond acceptors (Lipinski definition) is 7. The number of fused-ring (bicyclic) bond motifs is 5. The predicted molar refractivity (Wildman–Crippen MR) is 112 cm³/mol. The number of imide groups is 1. The van der Waals surface area contributed by atoms with E-state index >= 15 is 0 Å². The van der Waals surface area contributed by atoms with Crippen LogP contribution in [0.2, 0.25) is 0 Å². The SMILES string of the molecule is O=C1[C@H]2[C@@H]3CC[C@@H](C3)[C@@H]2C(=O)N1c1cccc(-c2nc(-c3cccc([N+](=O)[O-])c3)no2)c1. The van der Waals surface area contributed by atoms with Crippen LogP contribution in [0.15, 0.2) is 53.1 Å². The fourth-order valence-corrected chi connectivity index (χ4v) is 5.66. The largest absolute Gasteiger partial charge is 0.334 e. The zero-order chi connectivity index (χ0) is 22.0. The van der Waals surface area contributed by atoms with Crippen LogP contribution in [-0.4, -0.2) is 26.9 Å². The third kappa shape index (κ3) is 2.70. The number of hydrogen-bond donors (Lipinski definition) is 0. The van der Waals surface area contributed by atoms with Crippen molar-refractivity contribution in [2.24, 2.45) is 23.7 Å². The predicted octanol–water partition coefficient (Wildman–Crippen LogP) is 3.85. The number of amides is 2. The zero-order valence-corrected chi connectivity index (χ0v) is 16.9. The first-order valence-electron chi connectivity index (χ1n) is 10.6. The van der Waals surface area contributed by atoms with Gasteiger partial charge in [0.2, 0.25) is 17.6 Å². The maximum atomic E-state index is 13.1. The molecule has 9 heteroatoms. The zero-order valence-electron chi connectivity index (χ0n) is 16.9. The quantitative estimate of drug-likeness (QED) is 0.350. The molecule has 1 aromatic heterocycles. The second kappa shape index (κ2) is 6.81. The molecular weight excluding hydrogens is 412 g/mol. The van der Waals surface area contributed by atoms with E-state index < -0.39 is 4.92 Å². The molecular formula is C23H18N4O5. The fourth-order valence-electron chi connectivity index (χ4n) is 5.66. The topological polar surface area (TPSA) is 119 Å². The molecule has 0 unspecified atom stereocenters. The van der Waals surface area contributed by atoms with E-state index in [-0.39, 0.29) is 41.1 Å². The summed E-state index contributed by atoms with van der Waals surface area (Å²) < 4.78 is 5.38. The lowest BCUT2D eigenvalue weighted by Gasteiger charge is -2.19. The Morgan fingerprint density at radius 1 is 0.969 bits per heavy atom. The summed E-state index contributed by atoms with van der Waals surface area (Å²) in [4.78, 5) is 42.4. The van der Waals surface area contributed by atoms with Crippen LogP contribution >= 0.6 is 0 Å². The van der Waals surface area contributed by atoms with Crippen molar-refractivity contribution in [3.63, 3.8) is 0 Å². The molecule has 2 heterocycles. The molecule has 1 saturated heterocycles. The van der Waals surface area contributed by atoms with Gasteiger partial charge in [-0.2, -0.15) is 4.98 Å². The van der Waals surface area contributed by atoms with Crippen molar-refractivity contribution < 1.29 is 19.0 Å². The highest BCUT2D eigenvalue weighted by molar-refractivity contribution is 6.22. The van der Waals surface area contributed by atoms with Gasteiger partial charge in [-0.05, 0) is 49.3 Å². The molecule has 3 aliphatic rings. The van der Waals surface area contributed by atoms with Crippen molar-refractivity contribution in [1.29, 1.82) is 0 Å². The Hall–Kier alpha value is -3.88. The molecule has 3 aromatic rings. The summed E-state index contributed by atoms with van der Waals surface area (Å²) in [6.07, 6.45) is 3.05. The Bertz CT molecular complexity index is 1260. The highest BCUT2D eigenvalue weighted by atomic mass is 16.6. The summed E-state index contributed by atoms with van der Waals surface area (Å²) in [5.74, 6) is 0.481. The van der Waals surface area contributed by atoms with Crippen LogP contribution in [-0.2, 0) is 9.59 Å². The monoisotopic (exact) mass is 430 g/mol. The Labute approximate surface area is 182 Å². The van der Waals surface area contributed by atoms with E-state index in [1.807, 2.05) is 0 Å². The molecule has 2 bridgehead atoms. The molecule has 0 radical (unpaired) electrons. The van der Waals surface area contributed by atoms with Crippen LogP contribution < -0.4 is 4.90 Å². The number of aromatic nitrogens is 2. The second-order valence-corrected chi connectivity index (χ2v) is 8.68. The second-order valence-electron chi connectivity index (χ2n) is 8.68. The van der Waals surface area contributed by atoms with E-state index in [2.05, 4.69) is 10.1 Å². The number of carbonyl (C=O) groups excluding carboxylic acids is 2. The lowest BCUT2D eigenvalue weighted by atomic mass is 9.81. The van der Waals surface area contributed by atoms with Gasteiger partial charge < -0.3 is 4.52 Å². The van der Waals surface area contributed by atoms with E-state index in [1.54, 1.807) is 36.4 Å². The Balaban J connectivity index is 1.31. The number of nitrogens with zero attached hydrogens (tertiary/aromatic N) is 4. The molecule has 32 heavy (non-hydrogen) atoms. The van der Waals surface area contributed by atoms with Crippen LogP contribution in [0.4, 0.5) is 11.4 Å². The molecule has 0 spiro atoms. The van der Waals surface area contributed by atoms with Gasteiger partial charge in [-0.25, -0.2) is 0 Å². The van der Waals surface area contributed by atoms with Gasteiger partial charge >= 0.3 is 0 Å². The summed E-state index contributed by atoms with van der Waals surface area (Å²) in [6.45, 7) is 0. The van der Waals surface area contributed by atoms with Gasteiger partial charge in [-0.15, -0.1) is 0 Å². The average Bonchev–Trinajstić information content (AvgIpc) is 3.58. The van der Waals surface area contributed by atoms with Gasteiger partial charge in [0.25, 0.3) is 11.6 Å². The number of anilines is 1. The van der Waals surface area contributed by atoms with Crippen molar-refractivity contribution in [3.05, 3.63) is 58.6 Å². The van der Waals surface area contributed by atoms with E-state index in [1.165, 1.54) is 17.0 Å². The maximum Gasteiger partial charge on any atom is 0.270 e. The van der Waals surface area contributed by atoms with Crippen molar-refractivity contribution in [2.75, 3.05) is 4.90 Å². The smallest absolute Gasteiger partial charge is 0.270 e. The normalized spacial score (nSPS) is 26.1. The minimum Gasteiger partial charge on any atom is -0.334 e. The van der Waals surface area contributed by atoms with E-state index in [0.717, 1.165) is 19.3 Å². The Morgan fingerprint density at radius 3 is 2.38 bits per heavy atom. The van der Waals surface area contributed by atoms with Crippen LogP contribution in [0.3, 0.4) is 0 Å². The van der Waals surface area contributed by atoms with Gasteiger partial charge in [0.15, 0.2) is 0 Å². The van der Waals surface area contributed by atoms with Crippen molar-refractivity contribution in [1.82, 2.24) is 10.1 Å². The van der Waals surface area contributed by atoms with Crippen LogP contribution in [0, 0.1) is 33.8 Å². The average molecular weight is 430 g/mol. The number of rotatable bonds is 4. The third-order valence-corrected chi connectivity index (χ3v) is 7.02. The molecule has 2 amide bonds. The molecule has 9 nitrogen and oxygen atoms in total. The molecule has 6 rings (SSSR count). The molecule has 1 aliphatic heterocycles. The first kappa shape index (κ1) is 18.9. The molecule has 0 N–H and O–H groups in total. The van der Waals surface area contributed by atoms with Gasteiger partial charge in [0, 0.05) is 23.3 Å². The van der Waals surface area contributed by atoms with Gasteiger partial charge in [-0.1, -0.05) is 23.4 Å². The summed E-state index contributed by atoms with van der Waals surface area (Å²) in [5.41, 5.74) is 1.45. The molecule has 2 saturated carbocycles. The molecule has 2 aromatic carbocycles. The molecule has 2 aliphatic carbocycles. The Morgan fingerprint density at radius 2 is 1.66 bits per heavy atom. The third-order valence-electron chi connectivity index (χ3n) is 7.02. The van der Waals surface area contributed by atoms with Crippen molar-refractivity contribution in [3.8, 4) is 22.8 Å². The summed E-state index contributed by atoms with van der Waals surface area (Å²) >= 11 is 0. The van der Waals surface area contributed by atoms with E-state index in [9.17, 15) is 19.7 Å². The highest BCUT2D eigenvalue weighted by Crippen LogP contribution is 2.56. The lowest BCUT2D eigenvalue weighted by molar-refractivity contribution is -0.384. The first-order valence-corrected chi connectivity index (χ1v) is 10.6. The number of benzene rings is 2. The number of non-ortho nitro benzene ring substituents is 1. The Kier molecular flexibility index (Phi) is 4.01. The van der Waals surface area contributed by atoms with Crippen LogP contribution in [0.5, 0.6) is 0 Å². The van der Waals surface area contributed by atoms with Gasteiger partial charge in [-0.3, -0.25) is 24.6 Å². The minimum absolute atomic E-state index is 0.0681. The fraction of sp³-hybridized carbons (Fsp3) is 0.304. The number of carbonyl (C=O) groups is 2. The van der Waals surface area contributed by atoms with Crippen LogP contribution in [0.1, 0.15) is 19.3 Å². The first-order chi connectivity index (χ1) is 15.5. The molecule has 3 fully saturated rings. The van der Waals surface area contributed by atoms with Crippen LogP contribution in [0.25, 0.3) is 22.8 Å². The number of nitro groups is 1. The van der Waals surface area contributed by atoms with E-state index in [0.29, 0.717) is 28.7 Å². The highest BCUT2D eigenvalue weighted by Gasteiger charge is 2.61. The molecule has 160 valence electrons. The lowest BCUT2D eigenvalue weighted by Crippen LogP contribution is -2.32. The van der Waals surface area contributed by atoms with E-state index in [4.69, 9.17) is 4.52 Å². The van der Waals surface area contributed by atoms with Gasteiger partial charge in [0.1, 0.15) is 0 Å². The summed E-state index contributed by atoms with van der Waals surface area (Å²) in [6, 6.07) is 12.9. The summed E-state index contributed by atoms with van der Waals surface area (Å²) in [5, 5.41) is 15.0. The van der Waals surface area contributed by atoms with Gasteiger partial charge in [0.05, 0.1) is 22.4 Å². The standard InChI is InChI=1S/C23H18N4O5/c28-22-18-12-7-8-13(9-12)19(18)23(29)26(22)16-5-2-4-15(11-16)21-24-20(25-32-21)14-3-1-6-17(10-14)27(30)31/h1-6,10-13,18-19H,7-9H2/t12-,13+,18-,19-/m0/s1. The minimum atomic E-state index is -0.487. The summed E-state index contributed by atoms with van der Waals surface area (Å²) in [7, 11) is 0. The number of nitro benzene ring substituents is 1. The molecule has 4 atom stereocenters.